The van der Waals surface area contributed by atoms with E-state index in [0.29, 0.717) is 38.3 Å². The van der Waals surface area contributed by atoms with Crippen molar-refractivity contribution in [3.8, 4) is 0 Å². The Hall–Kier alpha value is -0.570. The first-order chi connectivity index (χ1) is 14.7. The Morgan fingerprint density at radius 2 is 1.30 bits per heavy atom. The zero-order chi connectivity index (χ0) is 20.9. The van der Waals surface area contributed by atoms with Crippen molar-refractivity contribution in [3.63, 3.8) is 0 Å². The molecule has 2 aliphatic heterocycles. The fourth-order valence-electron chi connectivity index (χ4n) is 3.96. The maximum absolute atomic E-state index is 13.4. The summed E-state index contributed by atoms with van der Waals surface area (Å²) in [6.45, 7) is 2.11. The van der Waals surface area contributed by atoms with Crippen molar-refractivity contribution in [1.29, 1.82) is 0 Å². The summed E-state index contributed by atoms with van der Waals surface area (Å²) < 4.78 is 34.0. The van der Waals surface area contributed by atoms with Crippen LogP contribution in [0.25, 0.3) is 0 Å². The van der Waals surface area contributed by atoms with Gasteiger partial charge in [-0.15, -0.1) is 0 Å². The molecule has 2 aliphatic carbocycles. The van der Waals surface area contributed by atoms with Crippen LogP contribution in [0, 0.1) is 62.2 Å². The summed E-state index contributed by atoms with van der Waals surface area (Å²) >= 11 is 0. The first-order valence-electron chi connectivity index (χ1n) is 10.3. The molecule has 0 aromatic carbocycles. The van der Waals surface area contributed by atoms with Crippen molar-refractivity contribution in [2.75, 3.05) is 40.6 Å². The Morgan fingerprint density at radius 1 is 0.833 bits per heavy atom. The molecule has 0 N–H and O–H groups in total. The summed E-state index contributed by atoms with van der Waals surface area (Å²) in [4.78, 5) is 13.4. The third-order valence-electron chi connectivity index (χ3n) is 5.45. The molecule has 0 spiro atoms. The zero-order valence-electron chi connectivity index (χ0n) is 17.4. The van der Waals surface area contributed by atoms with Crippen LogP contribution in [-0.4, -0.2) is 71.2 Å². The molecule has 4 aliphatic rings. The van der Waals surface area contributed by atoms with Gasteiger partial charge in [0.05, 0.1) is 62.3 Å². The third kappa shape index (κ3) is 5.08. The van der Waals surface area contributed by atoms with Gasteiger partial charge in [0, 0.05) is 14.2 Å². The quantitative estimate of drug-likeness (QED) is 0.596. The van der Waals surface area contributed by atoms with Crippen LogP contribution in [0.15, 0.2) is 0 Å². The van der Waals surface area contributed by atoms with Gasteiger partial charge < -0.3 is 28.4 Å². The fourth-order valence-corrected chi connectivity index (χ4v) is 3.96. The number of Topliss-reactive ketones (excluding diaryl/α,β-unsaturated/α-hetero) is 1. The van der Waals surface area contributed by atoms with Gasteiger partial charge in [0.1, 0.15) is 5.78 Å². The van der Waals surface area contributed by atoms with Gasteiger partial charge in [-0.2, -0.15) is 0 Å². The molecule has 10 radical (unpaired) electrons. The molecular weight excluding hydrogens is 388 g/mol. The normalized spacial score (nSPS) is 35.3. The van der Waals surface area contributed by atoms with Crippen LogP contribution in [0.4, 0.5) is 0 Å². The van der Waals surface area contributed by atoms with Gasteiger partial charge in [-0.1, -0.05) is 0 Å². The van der Waals surface area contributed by atoms with Crippen molar-refractivity contribution in [2.24, 2.45) is 0 Å². The molecular formula is C23H28O7. The number of methoxy groups -OCH3 is 2. The van der Waals surface area contributed by atoms with E-state index in [1.165, 1.54) is 0 Å². The van der Waals surface area contributed by atoms with Crippen molar-refractivity contribution in [1.82, 2.24) is 0 Å². The predicted octanol–water partition coefficient (Wildman–Crippen LogP) is 1.66. The van der Waals surface area contributed by atoms with Crippen LogP contribution in [0.2, 0.25) is 0 Å². The summed E-state index contributed by atoms with van der Waals surface area (Å²) in [5, 5.41) is 0. The topological polar surface area (TPSA) is 72.5 Å². The van der Waals surface area contributed by atoms with Crippen molar-refractivity contribution >= 4 is 5.78 Å². The molecule has 0 aromatic heterocycles. The Morgan fingerprint density at radius 3 is 1.73 bits per heavy atom. The highest BCUT2D eigenvalue weighted by atomic mass is 16.7. The highest BCUT2D eigenvalue weighted by Gasteiger charge is 2.50. The number of rotatable bonds is 8. The van der Waals surface area contributed by atoms with E-state index in [2.05, 4.69) is 0 Å². The number of ether oxygens (including phenoxy) is 6. The zero-order valence-corrected chi connectivity index (χ0v) is 17.4. The SMILES string of the molecule is COC[C@@H]1CCO[C@H]([C]2[CH][CH][CH][C]2C(=O)[C]2[CH][CH][CH][C]2[C@H]2OCC[C@@H](COC)O2)O1. The minimum absolute atomic E-state index is 0.0529. The first-order valence-corrected chi connectivity index (χ1v) is 10.3. The summed E-state index contributed by atoms with van der Waals surface area (Å²) in [6, 6.07) is 0. The fraction of sp³-hybridized carbons (Fsp3) is 0.522. The van der Waals surface area contributed by atoms with Gasteiger partial charge in [0.25, 0.3) is 0 Å². The maximum Gasteiger partial charge on any atom is 0.165 e. The van der Waals surface area contributed by atoms with Crippen LogP contribution in [-0.2, 0) is 33.2 Å². The molecule has 4 rings (SSSR count). The third-order valence-corrected chi connectivity index (χ3v) is 5.45. The highest BCUT2D eigenvalue weighted by molar-refractivity contribution is 6.12. The van der Waals surface area contributed by atoms with Crippen molar-refractivity contribution in [3.05, 3.63) is 62.2 Å². The molecule has 0 unspecified atom stereocenters. The summed E-state index contributed by atoms with van der Waals surface area (Å²) in [5.41, 5.74) is 0. The number of hydrogen-bond acceptors (Lipinski definition) is 7. The van der Waals surface area contributed by atoms with Gasteiger partial charge in [-0.25, -0.2) is 0 Å². The van der Waals surface area contributed by atoms with E-state index < -0.39 is 12.6 Å². The molecule has 162 valence electrons. The van der Waals surface area contributed by atoms with Crippen LogP contribution >= 0.6 is 0 Å². The molecule has 0 aromatic rings. The smallest absolute Gasteiger partial charge is 0.165 e. The average molecular weight is 416 g/mol. The first kappa shape index (κ1) is 22.6. The number of carbonyl (C=O) groups excluding carboxylic acids is 1. The van der Waals surface area contributed by atoms with E-state index in [0.717, 1.165) is 24.7 Å². The van der Waals surface area contributed by atoms with Crippen molar-refractivity contribution in [2.45, 2.75) is 37.6 Å². The highest BCUT2D eigenvalue weighted by Crippen LogP contribution is 2.47. The van der Waals surface area contributed by atoms with Crippen LogP contribution in [0.3, 0.4) is 0 Å². The van der Waals surface area contributed by atoms with Gasteiger partial charge in [-0.05, 0) is 51.4 Å². The average Bonchev–Trinajstić information content (AvgIpc) is 3.44. The number of hydrogen-bond donors (Lipinski definition) is 0. The molecule has 4 atom stereocenters. The lowest BCUT2D eigenvalue weighted by Crippen LogP contribution is -2.43. The lowest BCUT2D eigenvalue weighted by atomic mass is 9.80. The van der Waals surface area contributed by atoms with E-state index in [4.69, 9.17) is 28.4 Å². The monoisotopic (exact) mass is 416 g/mol. The molecule has 7 nitrogen and oxygen atoms in total. The molecule has 2 heterocycles. The van der Waals surface area contributed by atoms with Gasteiger partial charge in [0.15, 0.2) is 12.6 Å². The van der Waals surface area contributed by atoms with Crippen molar-refractivity contribution < 1.29 is 33.2 Å². The van der Waals surface area contributed by atoms with Crippen LogP contribution < -0.4 is 0 Å². The van der Waals surface area contributed by atoms with Crippen LogP contribution in [0.1, 0.15) is 12.8 Å². The standard InChI is InChI=1S/C23H28O7/c1-25-13-15-9-11-27-22(29-15)19-7-3-5-17(19)21(24)18-6-4-8-20(18)23-28-12-10-16(30-23)14-26-2/h3-8,15-16,22-23H,9-14H2,1-2H3/t15-,16-,22-,23-/m0/s1. The van der Waals surface area contributed by atoms with Gasteiger partial charge >= 0.3 is 0 Å². The van der Waals surface area contributed by atoms with Gasteiger partial charge in [0.2, 0.25) is 0 Å². The summed E-state index contributed by atoms with van der Waals surface area (Å²) in [7, 11) is 3.30. The second kappa shape index (κ2) is 10.8. The number of carbonyl (C=O) groups is 1. The van der Waals surface area contributed by atoms with Gasteiger partial charge in [-0.3, -0.25) is 4.79 Å². The summed E-state index contributed by atoms with van der Waals surface area (Å²) in [5.74, 6) is 2.49. The predicted molar refractivity (Wildman–Crippen MR) is 106 cm³/mol. The van der Waals surface area contributed by atoms with Crippen LogP contribution in [0.5, 0.6) is 0 Å². The second-order valence-corrected chi connectivity index (χ2v) is 7.53. The van der Waals surface area contributed by atoms with E-state index >= 15 is 0 Å². The van der Waals surface area contributed by atoms with E-state index in [9.17, 15) is 4.79 Å². The van der Waals surface area contributed by atoms with E-state index in [1.807, 2.05) is 25.7 Å². The minimum atomic E-state index is -0.584. The molecule has 30 heavy (non-hydrogen) atoms. The summed E-state index contributed by atoms with van der Waals surface area (Å²) in [6.07, 6.45) is 11.3. The molecule has 7 heteroatoms. The Kier molecular flexibility index (Phi) is 8.17. The maximum atomic E-state index is 13.4. The lowest BCUT2D eigenvalue weighted by Gasteiger charge is -2.37. The van der Waals surface area contributed by atoms with E-state index in [1.54, 1.807) is 27.1 Å². The molecule has 2 saturated carbocycles. The second-order valence-electron chi connectivity index (χ2n) is 7.53. The Bertz CT molecular complexity index is 506. The number of ketones is 1. The Labute approximate surface area is 180 Å². The largest absolute Gasteiger partial charge is 0.382 e. The minimum Gasteiger partial charge on any atom is -0.382 e. The molecule has 0 amide bonds. The Balaban J connectivity index is 1.39. The molecule has 0 bridgehead atoms. The molecule has 2 saturated heterocycles. The molecule has 4 fully saturated rings. The lowest BCUT2D eigenvalue weighted by molar-refractivity contribution is -0.210. The van der Waals surface area contributed by atoms with E-state index in [-0.39, 0.29) is 18.0 Å².